The summed E-state index contributed by atoms with van der Waals surface area (Å²) in [4.78, 5) is 11.6. The van der Waals surface area contributed by atoms with Crippen molar-refractivity contribution in [2.45, 2.75) is 38.9 Å². The highest BCUT2D eigenvalue weighted by molar-refractivity contribution is 6.65. The Labute approximate surface area is 124 Å². The molecule has 0 aromatic heterocycles. The monoisotopic (exact) mass is 296 g/mol. The molecule has 1 heterocycles. The summed E-state index contributed by atoms with van der Waals surface area (Å²) in [6, 6.07) is 4.93. The maximum absolute atomic E-state index is 11.6. The molecule has 1 aromatic carbocycles. The fourth-order valence-corrected chi connectivity index (χ4v) is 2.63. The summed E-state index contributed by atoms with van der Waals surface area (Å²) in [5.74, 6) is -0.411. The third kappa shape index (κ3) is 3.34. The lowest BCUT2D eigenvalue weighted by atomic mass is 9.74. The Morgan fingerprint density at radius 3 is 2.80 bits per heavy atom. The number of hydrogen-bond donors (Lipinski definition) is 0. The van der Waals surface area contributed by atoms with E-state index >= 15 is 0 Å². The summed E-state index contributed by atoms with van der Waals surface area (Å²) in [5, 5.41) is 0.507. The van der Waals surface area contributed by atoms with Crippen molar-refractivity contribution in [1.82, 2.24) is 0 Å². The molecule has 1 saturated heterocycles. The molecule has 1 aliphatic rings. The molecule has 0 unspecified atom stereocenters. The molecule has 4 nitrogen and oxygen atoms in total. The van der Waals surface area contributed by atoms with Gasteiger partial charge in [0, 0.05) is 16.6 Å². The molecule has 0 spiro atoms. The van der Waals surface area contributed by atoms with Crippen molar-refractivity contribution in [2.24, 2.45) is 0 Å². The zero-order chi connectivity index (χ0) is 14.9. The highest BCUT2D eigenvalue weighted by Crippen LogP contribution is 2.26. The standard InChI is InChI=1S/C14H18BClO4/c1-9-8-14(2,3)20-15(19-9)11-7-10(13(17)18-4)5-6-12(11)16/h5-7,9H,8H2,1-4H3/t9-/m0/s1. The second-order valence-corrected chi connectivity index (χ2v) is 6.00. The van der Waals surface area contributed by atoms with E-state index in [9.17, 15) is 4.79 Å². The Hall–Kier alpha value is -1.04. The first-order chi connectivity index (χ1) is 9.32. The van der Waals surface area contributed by atoms with E-state index in [1.165, 1.54) is 7.11 Å². The van der Waals surface area contributed by atoms with Crippen LogP contribution in [0.1, 0.15) is 37.6 Å². The lowest BCUT2D eigenvalue weighted by molar-refractivity contribution is -0.0229. The molecule has 0 amide bonds. The van der Waals surface area contributed by atoms with Crippen LogP contribution in [-0.4, -0.2) is 31.9 Å². The maximum Gasteiger partial charge on any atom is 0.496 e. The topological polar surface area (TPSA) is 44.8 Å². The van der Waals surface area contributed by atoms with Gasteiger partial charge in [-0.05, 0) is 45.4 Å². The summed E-state index contributed by atoms with van der Waals surface area (Å²) < 4.78 is 16.4. The van der Waals surface area contributed by atoms with E-state index in [-0.39, 0.29) is 11.7 Å². The molecule has 108 valence electrons. The summed E-state index contributed by atoms with van der Waals surface area (Å²) in [6.07, 6.45) is 0.860. The Kier molecular flexibility index (Phi) is 4.42. The van der Waals surface area contributed by atoms with Crippen molar-refractivity contribution in [2.75, 3.05) is 7.11 Å². The second kappa shape index (κ2) is 5.76. The van der Waals surface area contributed by atoms with Gasteiger partial charge in [0.25, 0.3) is 0 Å². The summed E-state index contributed by atoms with van der Waals surface area (Å²) >= 11 is 6.21. The molecule has 0 aliphatic carbocycles. The molecule has 0 N–H and O–H groups in total. The molecular formula is C14H18BClO4. The maximum atomic E-state index is 11.6. The predicted octanol–water partition coefficient (Wildman–Crippen LogP) is 2.43. The number of esters is 1. The van der Waals surface area contributed by atoms with Crippen LogP contribution in [0.15, 0.2) is 18.2 Å². The van der Waals surface area contributed by atoms with Gasteiger partial charge >= 0.3 is 13.1 Å². The predicted molar refractivity (Wildman–Crippen MR) is 78.5 cm³/mol. The number of methoxy groups -OCH3 is 1. The van der Waals surface area contributed by atoms with Gasteiger partial charge < -0.3 is 14.0 Å². The van der Waals surface area contributed by atoms with Gasteiger partial charge in [-0.3, -0.25) is 0 Å². The van der Waals surface area contributed by atoms with Gasteiger partial charge in [0.05, 0.1) is 18.3 Å². The first-order valence-electron chi connectivity index (χ1n) is 6.53. The van der Waals surface area contributed by atoms with Crippen LogP contribution >= 0.6 is 11.6 Å². The van der Waals surface area contributed by atoms with Crippen molar-refractivity contribution < 1.29 is 18.8 Å². The minimum Gasteiger partial charge on any atom is -0.465 e. The Morgan fingerprint density at radius 1 is 1.50 bits per heavy atom. The van der Waals surface area contributed by atoms with Crippen LogP contribution in [-0.2, 0) is 14.0 Å². The van der Waals surface area contributed by atoms with Gasteiger partial charge in [0.1, 0.15) is 0 Å². The smallest absolute Gasteiger partial charge is 0.465 e. The van der Waals surface area contributed by atoms with E-state index in [0.29, 0.717) is 16.0 Å². The third-order valence-electron chi connectivity index (χ3n) is 3.23. The second-order valence-electron chi connectivity index (χ2n) is 5.59. The van der Waals surface area contributed by atoms with E-state index in [0.717, 1.165) is 6.42 Å². The van der Waals surface area contributed by atoms with E-state index in [2.05, 4.69) is 0 Å². The van der Waals surface area contributed by atoms with Gasteiger partial charge in [-0.25, -0.2) is 4.79 Å². The molecular weight excluding hydrogens is 278 g/mol. The SMILES string of the molecule is COC(=O)c1ccc(Cl)c(B2O[C@@H](C)CC(C)(C)O2)c1. The summed E-state index contributed by atoms with van der Waals surface area (Å²) in [7, 11) is 0.765. The number of hydrogen-bond acceptors (Lipinski definition) is 4. The molecule has 1 fully saturated rings. The van der Waals surface area contributed by atoms with E-state index < -0.39 is 13.1 Å². The van der Waals surface area contributed by atoms with E-state index in [1.807, 2.05) is 20.8 Å². The number of ether oxygens (including phenoxy) is 1. The Bertz CT molecular complexity index is 518. The largest absolute Gasteiger partial charge is 0.496 e. The zero-order valence-electron chi connectivity index (χ0n) is 12.1. The lowest BCUT2D eigenvalue weighted by Crippen LogP contribution is -2.52. The summed E-state index contributed by atoms with van der Waals surface area (Å²) in [6.45, 7) is 6.02. The average Bonchev–Trinajstić information content (AvgIpc) is 2.36. The van der Waals surface area contributed by atoms with Crippen LogP contribution in [0.3, 0.4) is 0 Å². The van der Waals surface area contributed by atoms with Crippen LogP contribution < -0.4 is 5.46 Å². The minimum atomic E-state index is -0.578. The van der Waals surface area contributed by atoms with Crippen molar-refractivity contribution in [3.8, 4) is 0 Å². The average molecular weight is 297 g/mol. The number of carbonyl (C=O) groups excluding carboxylic acids is 1. The molecule has 0 bridgehead atoms. The molecule has 1 aromatic rings. The molecule has 20 heavy (non-hydrogen) atoms. The highest BCUT2D eigenvalue weighted by Gasteiger charge is 2.39. The van der Waals surface area contributed by atoms with Crippen molar-refractivity contribution in [3.05, 3.63) is 28.8 Å². The van der Waals surface area contributed by atoms with Crippen molar-refractivity contribution in [1.29, 1.82) is 0 Å². The summed E-state index contributed by atoms with van der Waals surface area (Å²) in [5.41, 5.74) is 0.775. The number of benzene rings is 1. The van der Waals surface area contributed by atoms with Gasteiger partial charge in [-0.2, -0.15) is 0 Å². The van der Waals surface area contributed by atoms with Gasteiger partial charge in [0.2, 0.25) is 0 Å². The third-order valence-corrected chi connectivity index (χ3v) is 3.58. The number of carbonyl (C=O) groups is 1. The fraction of sp³-hybridized carbons (Fsp3) is 0.500. The first-order valence-corrected chi connectivity index (χ1v) is 6.91. The number of halogens is 1. The first kappa shape index (κ1) is 15.4. The highest BCUT2D eigenvalue weighted by atomic mass is 35.5. The van der Waals surface area contributed by atoms with Crippen LogP contribution in [0.4, 0.5) is 0 Å². The Morgan fingerprint density at radius 2 is 2.20 bits per heavy atom. The van der Waals surface area contributed by atoms with Crippen LogP contribution in [0.25, 0.3) is 0 Å². The van der Waals surface area contributed by atoms with Crippen LogP contribution in [0, 0.1) is 0 Å². The van der Waals surface area contributed by atoms with Crippen molar-refractivity contribution >= 4 is 30.2 Å². The molecule has 2 rings (SSSR count). The molecule has 1 atom stereocenters. The van der Waals surface area contributed by atoms with Crippen LogP contribution in [0.5, 0.6) is 0 Å². The molecule has 1 aliphatic heterocycles. The van der Waals surface area contributed by atoms with Gasteiger partial charge in [-0.1, -0.05) is 11.6 Å². The number of rotatable bonds is 2. The van der Waals surface area contributed by atoms with Gasteiger partial charge in [-0.15, -0.1) is 0 Å². The quantitative estimate of drug-likeness (QED) is 0.621. The van der Waals surface area contributed by atoms with Gasteiger partial charge in [0.15, 0.2) is 0 Å². The zero-order valence-corrected chi connectivity index (χ0v) is 12.9. The van der Waals surface area contributed by atoms with E-state index in [1.54, 1.807) is 18.2 Å². The van der Waals surface area contributed by atoms with Crippen LogP contribution in [0.2, 0.25) is 5.02 Å². The fourth-order valence-electron chi connectivity index (χ4n) is 2.42. The lowest BCUT2D eigenvalue weighted by Gasteiger charge is -2.38. The van der Waals surface area contributed by atoms with E-state index in [4.69, 9.17) is 25.6 Å². The molecule has 6 heteroatoms. The normalized spacial score (nSPS) is 21.6. The minimum absolute atomic E-state index is 0.0570. The van der Waals surface area contributed by atoms with Crippen molar-refractivity contribution in [3.63, 3.8) is 0 Å². The Balaban J connectivity index is 2.33. The molecule has 0 radical (unpaired) electrons. The molecule has 0 saturated carbocycles.